The van der Waals surface area contributed by atoms with E-state index in [1.165, 1.54) is 28.6 Å². The Morgan fingerprint density at radius 2 is 1.88 bits per heavy atom. The van der Waals surface area contributed by atoms with Gasteiger partial charge >= 0.3 is 6.03 Å². The first kappa shape index (κ1) is 22.7. The second kappa shape index (κ2) is 8.80. The van der Waals surface area contributed by atoms with E-state index in [2.05, 4.69) is 10.6 Å². The van der Waals surface area contributed by atoms with E-state index in [1.54, 1.807) is 0 Å². The predicted molar refractivity (Wildman–Crippen MR) is 115 cm³/mol. The number of carbonyl (C=O) groups excluding carboxylic acids is 3. The van der Waals surface area contributed by atoms with Crippen molar-refractivity contribution < 1.29 is 27.5 Å². The van der Waals surface area contributed by atoms with E-state index < -0.39 is 34.0 Å². The lowest BCUT2D eigenvalue weighted by Crippen LogP contribution is -2.54. The molecule has 3 fully saturated rings. The SMILES string of the molecule is C[C@@H]1CCCC[C@@]12NC(=O)N(CC(=O)Nc1ccc(S(=O)(=O)N3CCOCC3)cc1)C2=O. The lowest BCUT2D eigenvalue weighted by Gasteiger charge is -2.36. The number of benzene rings is 1. The van der Waals surface area contributed by atoms with E-state index >= 15 is 0 Å². The van der Waals surface area contributed by atoms with Crippen LogP contribution in [0.1, 0.15) is 32.6 Å². The Hall–Kier alpha value is -2.50. The molecule has 4 amide bonds. The fourth-order valence-electron chi connectivity index (χ4n) is 4.63. The van der Waals surface area contributed by atoms with Crippen molar-refractivity contribution in [2.45, 2.75) is 43.0 Å². The van der Waals surface area contributed by atoms with Crippen LogP contribution in [-0.4, -0.2) is 73.9 Å². The maximum atomic E-state index is 13.0. The van der Waals surface area contributed by atoms with E-state index in [0.717, 1.165) is 24.2 Å². The van der Waals surface area contributed by atoms with Gasteiger partial charge in [-0.2, -0.15) is 4.31 Å². The summed E-state index contributed by atoms with van der Waals surface area (Å²) < 4.78 is 31.9. The van der Waals surface area contributed by atoms with Gasteiger partial charge in [-0.15, -0.1) is 0 Å². The molecule has 10 nitrogen and oxygen atoms in total. The highest BCUT2D eigenvalue weighted by Gasteiger charge is 2.55. The van der Waals surface area contributed by atoms with E-state index in [0.29, 0.717) is 38.4 Å². The van der Waals surface area contributed by atoms with Crippen LogP contribution in [0.4, 0.5) is 10.5 Å². The monoisotopic (exact) mass is 464 g/mol. The second-order valence-corrected chi connectivity index (χ2v) is 10.5. The third-order valence-corrected chi connectivity index (χ3v) is 8.46. The molecule has 174 valence electrons. The molecule has 0 unspecified atom stereocenters. The summed E-state index contributed by atoms with van der Waals surface area (Å²) in [4.78, 5) is 39.0. The number of amides is 4. The number of carbonyl (C=O) groups is 3. The largest absolute Gasteiger partial charge is 0.379 e. The van der Waals surface area contributed by atoms with Crippen molar-refractivity contribution in [2.24, 2.45) is 5.92 Å². The van der Waals surface area contributed by atoms with Crippen molar-refractivity contribution in [3.8, 4) is 0 Å². The quantitative estimate of drug-likeness (QED) is 0.630. The number of imide groups is 1. The average molecular weight is 465 g/mol. The minimum Gasteiger partial charge on any atom is -0.379 e. The van der Waals surface area contributed by atoms with Crippen molar-refractivity contribution in [1.82, 2.24) is 14.5 Å². The van der Waals surface area contributed by atoms with Gasteiger partial charge < -0.3 is 15.4 Å². The Balaban J connectivity index is 1.39. The first-order chi connectivity index (χ1) is 15.2. The van der Waals surface area contributed by atoms with Crippen LogP contribution in [0.25, 0.3) is 0 Å². The molecule has 2 N–H and O–H groups in total. The Bertz CT molecular complexity index is 1010. The van der Waals surface area contributed by atoms with Crippen molar-refractivity contribution in [3.63, 3.8) is 0 Å². The molecule has 2 aliphatic heterocycles. The van der Waals surface area contributed by atoms with Crippen LogP contribution in [0, 0.1) is 5.92 Å². The van der Waals surface area contributed by atoms with Crippen LogP contribution in [-0.2, 0) is 24.3 Å². The third-order valence-electron chi connectivity index (χ3n) is 6.55. The number of anilines is 1. The number of sulfonamides is 1. The van der Waals surface area contributed by atoms with Gasteiger partial charge in [-0.05, 0) is 43.0 Å². The zero-order chi connectivity index (χ0) is 22.9. The van der Waals surface area contributed by atoms with Gasteiger partial charge in [0.25, 0.3) is 5.91 Å². The Labute approximate surface area is 187 Å². The molecule has 2 saturated heterocycles. The van der Waals surface area contributed by atoms with Crippen molar-refractivity contribution in [2.75, 3.05) is 38.2 Å². The first-order valence-electron chi connectivity index (χ1n) is 10.9. The van der Waals surface area contributed by atoms with Gasteiger partial charge in [0.2, 0.25) is 15.9 Å². The van der Waals surface area contributed by atoms with E-state index in [-0.39, 0.29) is 16.7 Å². The molecule has 3 aliphatic rings. The summed E-state index contributed by atoms with van der Waals surface area (Å²) >= 11 is 0. The highest BCUT2D eigenvalue weighted by atomic mass is 32.2. The van der Waals surface area contributed by atoms with E-state index in [1.807, 2.05) is 6.92 Å². The number of hydrogen-bond donors (Lipinski definition) is 2. The average Bonchev–Trinajstić information content (AvgIpc) is 3.01. The van der Waals surface area contributed by atoms with Crippen LogP contribution in [0.15, 0.2) is 29.2 Å². The molecule has 0 bridgehead atoms. The van der Waals surface area contributed by atoms with Gasteiger partial charge in [-0.3, -0.25) is 14.5 Å². The highest BCUT2D eigenvalue weighted by molar-refractivity contribution is 7.89. The van der Waals surface area contributed by atoms with Crippen LogP contribution in [0.5, 0.6) is 0 Å². The molecule has 4 rings (SSSR count). The second-order valence-electron chi connectivity index (χ2n) is 8.53. The lowest BCUT2D eigenvalue weighted by atomic mass is 9.73. The van der Waals surface area contributed by atoms with Crippen LogP contribution >= 0.6 is 0 Å². The molecule has 0 aromatic heterocycles. The van der Waals surface area contributed by atoms with Crippen LogP contribution in [0.2, 0.25) is 0 Å². The molecule has 1 saturated carbocycles. The normalized spacial score (nSPS) is 26.9. The highest BCUT2D eigenvalue weighted by Crippen LogP contribution is 2.38. The van der Waals surface area contributed by atoms with Crippen LogP contribution < -0.4 is 10.6 Å². The number of hydrogen-bond acceptors (Lipinski definition) is 6. The Kier molecular flexibility index (Phi) is 6.24. The Morgan fingerprint density at radius 1 is 1.19 bits per heavy atom. The lowest BCUT2D eigenvalue weighted by molar-refractivity contribution is -0.136. The molecular formula is C21H28N4O6S. The number of urea groups is 1. The van der Waals surface area contributed by atoms with Gasteiger partial charge in [0, 0.05) is 18.8 Å². The smallest absolute Gasteiger partial charge is 0.325 e. The number of morpholine rings is 1. The summed E-state index contributed by atoms with van der Waals surface area (Å²) in [6, 6.07) is 5.27. The number of nitrogens with zero attached hydrogens (tertiary/aromatic N) is 2. The summed E-state index contributed by atoms with van der Waals surface area (Å²) in [6.07, 6.45) is 3.31. The summed E-state index contributed by atoms with van der Waals surface area (Å²) in [5, 5.41) is 5.45. The zero-order valence-electron chi connectivity index (χ0n) is 18.0. The van der Waals surface area contributed by atoms with Crippen molar-refractivity contribution in [1.29, 1.82) is 0 Å². The van der Waals surface area contributed by atoms with Gasteiger partial charge in [-0.25, -0.2) is 13.2 Å². The molecular weight excluding hydrogens is 436 g/mol. The molecule has 1 aromatic carbocycles. The standard InChI is InChI=1S/C21H28N4O6S/c1-15-4-2-3-9-21(15)19(27)25(20(28)23-21)14-18(26)22-16-5-7-17(8-6-16)32(29,30)24-10-12-31-13-11-24/h5-8,15H,2-4,9-14H2,1H3,(H,22,26)(H,23,28)/t15-,21-/m1/s1. The fraction of sp³-hybridized carbons (Fsp3) is 0.571. The summed E-state index contributed by atoms with van der Waals surface area (Å²) in [6.45, 7) is 2.87. The maximum absolute atomic E-state index is 13.0. The van der Waals surface area contributed by atoms with E-state index in [9.17, 15) is 22.8 Å². The maximum Gasteiger partial charge on any atom is 0.325 e. The molecule has 1 aromatic rings. The minimum atomic E-state index is -3.63. The van der Waals surface area contributed by atoms with Crippen molar-refractivity contribution in [3.05, 3.63) is 24.3 Å². The zero-order valence-corrected chi connectivity index (χ0v) is 18.8. The van der Waals surface area contributed by atoms with Gasteiger partial charge in [-0.1, -0.05) is 19.8 Å². The molecule has 11 heteroatoms. The van der Waals surface area contributed by atoms with Gasteiger partial charge in [0.15, 0.2) is 0 Å². The van der Waals surface area contributed by atoms with Crippen LogP contribution in [0.3, 0.4) is 0 Å². The van der Waals surface area contributed by atoms with Gasteiger partial charge in [0.05, 0.1) is 18.1 Å². The Morgan fingerprint density at radius 3 is 2.53 bits per heavy atom. The first-order valence-corrected chi connectivity index (χ1v) is 12.3. The minimum absolute atomic E-state index is 0.0155. The molecule has 32 heavy (non-hydrogen) atoms. The summed E-state index contributed by atoms with van der Waals surface area (Å²) in [5.74, 6) is -0.865. The molecule has 1 spiro atoms. The molecule has 2 heterocycles. The molecule has 2 atom stereocenters. The molecule has 0 radical (unpaired) electrons. The topological polar surface area (TPSA) is 125 Å². The van der Waals surface area contributed by atoms with E-state index in [4.69, 9.17) is 4.74 Å². The van der Waals surface area contributed by atoms with Gasteiger partial charge in [0.1, 0.15) is 12.1 Å². The number of ether oxygens (including phenoxy) is 1. The third kappa shape index (κ3) is 4.12. The number of nitrogens with one attached hydrogen (secondary N) is 2. The molecule has 1 aliphatic carbocycles. The summed E-state index contributed by atoms with van der Waals surface area (Å²) in [5.41, 5.74) is -0.533. The number of rotatable bonds is 5. The fourth-order valence-corrected chi connectivity index (χ4v) is 6.04. The summed E-state index contributed by atoms with van der Waals surface area (Å²) in [7, 11) is -3.63. The predicted octanol–water partition coefficient (Wildman–Crippen LogP) is 1.15. The van der Waals surface area contributed by atoms with Crippen molar-refractivity contribution >= 4 is 33.6 Å².